The van der Waals surface area contributed by atoms with E-state index in [0.29, 0.717) is 13.1 Å². The zero-order valence-electron chi connectivity index (χ0n) is 12.3. The Morgan fingerprint density at radius 2 is 1.86 bits per heavy atom. The summed E-state index contributed by atoms with van der Waals surface area (Å²) in [5, 5.41) is 0. The molecular formula is C13H16Cl3N3O3. The molecule has 2 rings (SSSR count). The molecule has 0 unspecified atom stereocenters. The summed E-state index contributed by atoms with van der Waals surface area (Å²) in [6.45, 7) is 6.22. The van der Waals surface area contributed by atoms with Crippen molar-refractivity contribution in [3.63, 3.8) is 0 Å². The molecule has 6 nitrogen and oxygen atoms in total. The van der Waals surface area contributed by atoms with Crippen LogP contribution < -0.4 is 0 Å². The van der Waals surface area contributed by atoms with Gasteiger partial charge in [-0.15, -0.1) is 0 Å². The van der Waals surface area contributed by atoms with E-state index in [2.05, 4.69) is 4.98 Å². The number of imidazole rings is 1. The standard InChI is InChI=1S/C13H16Cl3N3O3/c1-12(2,3)22-11(21)18-6-8(7-18)19-5-4-17-10(19)9(20)13(14,15)16/h4-5,8H,6-7H2,1-3H3. The number of nitrogens with zero attached hydrogens (tertiary/aromatic N) is 3. The van der Waals surface area contributed by atoms with Gasteiger partial charge in [-0.05, 0) is 20.8 Å². The summed E-state index contributed by atoms with van der Waals surface area (Å²) in [4.78, 5) is 29.4. The number of aromatic nitrogens is 2. The summed E-state index contributed by atoms with van der Waals surface area (Å²) >= 11 is 16.8. The van der Waals surface area contributed by atoms with Crippen LogP contribution in [-0.4, -0.2) is 48.8 Å². The molecule has 1 aromatic heterocycles. The van der Waals surface area contributed by atoms with Crippen LogP contribution in [0, 0.1) is 0 Å². The molecular weight excluding hydrogens is 353 g/mol. The SMILES string of the molecule is CC(C)(C)OC(=O)N1CC(n2ccnc2C(=O)C(Cl)(Cl)Cl)C1. The van der Waals surface area contributed by atoms with Gasteiger partial charge in [0.2, 0.25) is 5.78 Å². The van der Waals surface area contributed by atoms with Crippen LogP contribution in [-0.2, 0) is 4.74 Å². The number of hydrogen-bond acceptors (Lipinski definition) is 4. The van der Waals surface area contributed by atoms with Crippen molar-refractivity contribution < 1.29 is 14.3 Å². The van der Waals surface area contributed by atoms with Crippen LogP contribution in [0.25, 0.3) is 0 Å². The molecule has 0 atom stereocenters. The molecule has 122 valence electrons. The fourth-order valence-electron chi connectivity index (χ4n) is 2.02. The van der Waals surface area contributed by atoms with Crippen LogP contribution in [0.5, 0.6) is 0 Å². The lowest BCUT2D eigenvalue weighted by molar-refractivity contribution is 0.000868. The summed E-state index contributed by atoms with van der Waals surface area (Å²) < 4.78 is 4.83. The van der Waals surface area contributed by atoms with Gasteiger partial charge in [-0.25, -0.2) is 9.78 Å². The molecule has 22 heavy (non-hydrogen) atoms. The number of hydrogen-bond donors (Lipinski definition) is 0. The number of carbonyl (C=O) groups is 2. The molecule has 1 aromatic rings. The Balaban J connectivity index is 2.02. The molecule has 1 fully saturated rings. The van der Waals surface area contributed by atoms with Gasteiger partial charge in [0.05, 0.1) is 6.04 Å². The Hall–Kier alpha value is -0.980. The monoisotopic (exact) mass is 367 g/mol. The van der Waals surface area contributed by atoms with Crippen molar-refractivity contribution in [2.45, 2.75) is 36.2 Å². The highest BCUT2D eigenvalue weighted by Crippen LogP contribution is 2.32. The third-order valence-electron chi connectivity index (χ3n) is 3.04. The molecule has 1 saturated heterocycles. The van der Waals surface area contributed by atoms with Crippen LogP contribution in [0.15, 0.2) is 12.4 Å². The van der Waals surface area contributed by atoms with Crippen molar-refractivity contribution in [3.8, 4) is 0 Å². The van der Waals surface area contributed by atoms with E-state index >= 15 is 0 Å². The van der Waals surface area contributed by atoms with Gasteiger partial charge in [0.25, 0.3) is 3.79 Å². The van der Waals surface area contributed by atoms with Gasteiger partial charge in [-0.2, -0.15) is 0 Å². The van der Waals surface area contributed by atoms with Crippen LogP contribution in [0.3, 0.4) is 0 Å². The number of Topliss-reactive ketones (excluding diaryl/α,β-unsaturated/α-hetero) is 1. The second-order valence-electron chi connectivity index (χ2n) is 6.02. The van der Waals surface area contributed by atoms with Crippen LogP contribution in [0.2, 0.25) is 0 Å². The summed E-state index contributed by atoms with van der Waals surface area (Å²) in [6.07, 6.45) is 2.69. The molecule has 9 heteroatoms. The zero-order valence-corrected chi connectivity index (χ0v) is 14.6. The number of amides is 1. The predicted molar refractivity (Wildman–Crippen MR) is 83.7 cm³/mol. The van der Waals surface area contributed by atoms with Crippen molar-refractivity contribution >= 4 is 46.7 Å². The van der Waals surface area contributed by atoms with Gasteiger partial charge in [0, 0.05) is 25.5 Å². The van der Waals surface area contributed by atoms with Crippen molar-refractivity contribution in [1.29, 1.82) is 0 Å². The van der Waals surface area contributed by atoms with E-state index in [0.717, 1.165) is 0 Å². The molecule has 1 aliphatic heterocycles. The van der Waals surface area contributed by atoms with E-state index in [1.165, 1.54) is 6.20 Å². The molecule has 0 radical (unpaired) electrons. The Kier molecular flexibility index (Phi) is 4.66. The van der Waals surface area contributed by atoms with E-state index in [1.807, 2.05) is 0 Å². The molecule has 0 spiro atoms. The summed E-state index contributed by atoms with van der Waals surface area (Å²) in [5.74, 6) is -0.632. The molecule has 0 aliphatic carbocycles. The summed E-state index contributed by atoms with van der Waals surface area (Å²) in [6, 6.07) is -0.0960. The fraction of sp³-hybridized carbons (Fsp3) is 0.615. The number of halogens is 3. The van der Waals surface area contributed by atoms with Crippen LogP contribution in [0.1, 0.15) is 37.4 Å². The Morgan fingerprint density at radius 3 is 2.36 bits per heavy atom. The second kappa shape index (κ2) is 5.91. The normalized spacial score (nSPS) is 16.4. The van der Waals surface area contributed by atoms with Crippen molar-refractivity contribution in [2.75, 3.05) is 13.1 Å². The second-order valence-corrected chi connectivity index (χ2v) is 8.31. The van der Waals surface area contributed by atoms with E-state index in [1.54, 1.807) is 36.4 Å². The van der Waals surface area contributed by atoms with Crippen LogP contribution >= 0.6 is 34.8 Å². The first-order valence-electron chi connectivity index (χ1n) is 6.61. The van der Waals surface area contributed by atoms with Crippen molar-refractivity contribution in [2.24, 2.45) is 0 Å². The number of ketones is 1. The van der Waals surface area contributed by atoms with Gasteiger partial charge in [-0.1, -0.05) is 34.8 Å². The van der Waals surface area contributed by atoms with E-state index in [9.17, 15) is 9.59 Å². The first-order chi connectivity index (χ1) is 9.99. The maximum Gasteiger partial charge on any atom is 0.410 e. The smallest absolute Gasteiger partial charge is 0.410 e. The van der Waals surface area contributed by atoms with Gasteiger partial charge < -0.3 is 14.2 Å². The number of carbonyl (C=O) groups excluding carboxylic acids is 2. The third-order valence-corrected chi connectivity index (χ3v) is 3.55. The lowest BCUT2D eigenvalue weighted by Crippen LogP contribution is -2.52. The Morgan fingerprint density at radius 1 is 1.27 bits per heavy atom. The third kappa shape index (κ3) is 3.86. The molecule has 2 heterocycles. The maximum absolute atomic E-state index is 12.0. The molecule has 0 saturated carbocycles. The highest BCUT2D eigenvalue weighted by Gasteiger charge is 2.40. The van der Waals surface area contributed by atoms with Gasteiger partial charge in [-0.3, -0.25) is 4.79 Å². The van der Waals surface area contributed by atoms with Gasteiger partial charge in [0.1, 0.15) is 5.60 Å². The quantitative estimate of drug-likeness (QED) is 0.594. The number of alkyl halides is 3. The molecule has 0 N–H and O–H groups in total. The molecule has 0 bridgehead atoms. The Labute approximate surface area is 143 Å². The minimum Gasteiger partial charge on any atom is -0.444 e. The number of rotatable bonds is 2. The molecule has 0 aromatic carbocycles. The van der Waals surface area contributed by atoms with E-state index in [4.69, 9.17) is 39.5 Å². The first kappa shape index (κ1) is 17.4. The average Bonchev–Trinajstić information content (AvgIpc) is 2.70. The van der Waals surface area contributed by atoms with Crippen molar-refractivity contribution in [1.82, 2.24) is 14.5 Å². The Bertz CT molecular complexity index is 583. The highest BCUT2D eigenvalue weighted by atomic mass is 35.6. The van der Waals surface area contributed by atoms with Gasteiger partial charge in [0.15, 0.2) is 5.82 Å². The fourth-order valence-corrected chi connectivity index (χ4v) is 2.27. The molecule has 1 aliphatic rings. The minimum absolute atomic E-state index is 0.0637. The zero-order chi connectivity index (χ0) is 16.7. The average molecular weight is 369 g/mol. The lowest BCUT2D eigenvalue weighted by Gasteiger charge is -2.40. The molecule has 1 amide bonds. The first-order valence-corrected chi connectivity index (χ1v) is 7.75. The topological polar surface area (TPSA) is 64.4 Å². The van der Waals surface area contributed by atoms with Crippen LogP contribution in [0.4, 0.5) is 4.79 Å². The maximum atomic E-state index is 12.0. The largest absolute Gasteiger partial charge is 0.444 e. The summed E-state index contributed by atoms with van der Waals surface area (Å²) in [7, 11) is 0. The van der Waals surface area contributed by atoms with E-state index < -0.39 is 21.3 Å². The number of likely N-dealkylation sites (tertiary alicyclic amines) is 1. The minimum atomic E-state index is -2.06. The van der Waals surface area contributed by atoms with Crippen molar-refractivity contribution in [3.05, 3.63) is 18.2 Å². The predicted octanol–water partition coefficient (Wildman–Crippen LogP) is 3.23. The lowest BCUT2D eigenvalue weighted by atomic mass is 10.1. The summed E-state index contributed by atoms with van der Waals surface area (Å²) in [5.41, 5.74) is -0.548. The van der Waals surface area contributed by atoms with Gasteiger partial charge >= 0.3 is 6.09 Å². The number of ether oxygens (including phenoxy) is 1. The highest BCUT2D eigenvalue weighted by molar-refractivity contribution is 6.77. The van der Waals surface area contributed by atoms with E-state index in [-0.39, 0.29) is 11.9 Å².